The average Bonchev–Trinajstić information content (AvgIpc) is 2.67. The molecule has 0 spiro atoms. The molecule has 2 aliphatic heterocycles. The summed E-state index contributed by atoms with van der Waals surface area (Å²) >= 11 is 0. The highest BCUT2D eigenvalue weighted by Crippen LogP contribution is 2.31. The van der Waals surface area contributed by atoms with Crippen LogP contribution >= 0.6 is 0 Å². The number of fused-ring (bicyclic) bond motifs is 1. The molecular weight excluding hydrogens is 260 g/mol. The number of rotatable bonds is 3. The van der Waals surface area contributed by atoms with E-state index in [2.05, 4.69) is 46.0 Å². The van der Waals surface area contributed by atoms with Gasteiger partial charge < -0.3 is 15.5 Å². The highest BCUT2D eigenvalue weighted by atomic mass is 15.3. The van der Waals surface area contributed by atoms with E-state index in [1.807, 2.05) is 0 Å². The second kappa shape index (κ2) is 6.77. The van der Waals surface area contributed by atoms with Crippen LogP contribution in [0.1, 0.15) is 24.4 Å². The molecule has 1 aromatic carbocycles. The monoisotopic (exact) mass is 288 g/mol. The van der Waals surface area contributed by atoms with E-state index in [4.69, 9.17) is 5.73 Å². The van der Waals surface area contributed by atoms with Crippen LogP contribution in [0.5, 0.6) is 0 Å². The molecule has 2 heterocycles. The van der Waals surface area contributed by atoms with Crippen molar-refractivity contribution in [3.05, 3.63) is 29.8 Å². The van der Waals surface area contributed by atoms with Crippen LogP contribution in [0.4, 0.5) is 5.69 Å². The lowest BCUT2D eigenvalue weighted by Crippen LogP contribution is -2.47. The van der Waals surface area contributed by atoms with Gasteiger partial charge in [-0.05, 0) is 31.5 Å². The highest BCUT2D eigenvalue weighted by molar-refractivity contribution is 5.55. The maximum atomic E-state index is 6.32. The summed E-state index contributed by atoms with van der Waals surface area (Å²) in [6, 6.07) is 8.90. The van der Waals surface area contributed by atoms with E-state index in [1.165, 1.54) is 43.9 Å². The molecule has 1 fully saturated rings. The number of para-hydroxylation sites is 1. The molecule has 0 amide bonds. The summed E-state index contributed by atoms with van der Waals surface area (Å²) in [5.41, 5.74) is 9.01. The summed E-state index contributed by atoms with van der Waals surface area (Å²) in [5.74, 6) is 0. The smallest absolute Gasteiger partial charge is 0.0415 e. The zero-order valence-corrected chi connectivity index (χ0v) is 13.2. The summed E-state index contributed by atoms with van der Waals surface area (Å²) in [7, 11) is 2.21. The maximum absolute atomic E-state index is 6.32. The second-order valence-electron chi connectivity index (χ2n) is 6.44. The van der Waals surface area contributed by atoms with E-state index in [0.29, 0.717) is 0 Å². The Kier molecular flexibility index (Phi) is 4.78. The molecule has 4 nitrogen and oxygen atoms in total. The molecule has 4 heteroatoms. The molecule has 1 saturated heterocycles. The number of anilines is 1. The van der Waals surface area contributed by atoms with Crippen molar-refractivity contribution in [2.45, 2.75) is 18.9 Å². The van der Waals surface area contributed by atoms with Gasteiger partial charge in [0.1, 0.15) is 0 Å². The van der Waals surface area contributed by atoms with Crippen LogP contribution in [0.25, 0.3) is 0 Å². The lowest BCUT2D eigenvalue weighted by Gasteiger charge is -2.34. The molecule has 1 aromatic rings. The minimum atomic E-state index is 0.204. The molecule has 2 aliphatic rings. The first kappa shape index (κ1) is 14.8. The normalized spacial score (nSPS) is 24.7. The quantitative estimate of drug-likeness (QED) is 0.915. The topological polar surface area (TPSA) is 35.7 Å². The van der Waals surface area contributed by atoms with Gasteiger partial charge in [0.05, 0.1) is 0 Å². The van der Waals surface area contributed by atoms with Gasteiger partial charge in [0.15, 0.2) is 0 Å². The maximum Gasteiger partial charge on any atom is 0.0415 e. The first-order valence-corrected chi connectivity index (χ1v) is 8.24. The fourth-order valence-electron chi connectivity index (χ4n) is 3.43. The van der Waals surface area contributed by atoms with E-state index in [1.54, 1.807) is 0 Å². The van der Waals surface area contributed by atoms with E-state index in [-0.39, 0.29) is 6.04 Å². The fraction of sp³-hybridized carbons (Fsp3) is 0.647. The van der Waals surface area contributed by atoms with Crippen LogP contribution < -0.4 is 10.6 Å². The first-order chi connectivity index (χ1) is 10.2. The van der Waals surface area contributed by atoms with Gasteiger partial charge in [-0.15, -0.1) is 0 Å². The lowest BCUT2D eigenvalue weighted by molar-refractivity contribution is 0.157. The second-order valence-corrected chi connectivity index (χ2v) is 6.44. The van der Waals surface area contributed by atoms with Gasteiger partial charge in [-0.2, -0.15) is 0 Å². The van der Waals surface area contributed by atoms with Gasteiger partial charge in [-0.1, -0.05) is 18.2 Å². The Hall–Kier alpha value is -1.10. The molecule has 0 aliphatic carbocycles. The largest absolute Gasteiger partial charge is 0.370 e. The van der Waals surface area contributed by atoms with Gasteiger partial charge in [0.25, 0.3) is 0 Å². The van der Waals surface area contributed by atoms with Crippen molar-refractivity contribution < 1.29 is 0 Å². The number of nitrogens with two attached hydrogens (primary N) is 1. The van der Waals surface area contributed by atoms with Crippen molar-refractivity contribution in [1.82, 2.24) is 9.80 Å². The zero-order valence-electron chi connectivity index (χ0n) is 13.2. The highest BCUT2D eigenvalue weighted by Gasteiger charge is 2.21. The van der Waals surface area contributed by atoms with Crippen LogP contribution in [0.15, 0.2) is 24.3 Å². The number of likely N-dealkylation sites (N-methyl/N-ethyl adjacent to an activating group) is 1. The minimum absolute atomic E-state index is 0.204. The lowest BCUT2D eigenvalue weighted by atomic mass is 10.0. The van der Waals surface area contributed by atoms with Gasteiger partial charge in [0, 0.05) is 57.5 Å². The first-order valence-electron chi connectivity index (χ1n) is 8.24. The van der Waals surface area contributed by atoms with E-state index >= 15 is 0 Å². The average molecular weight is 288 g/mol. The fourth-order valence-corrected chi connectivity index (χ4v) is 3.43. The summed E-state index contributed by atoms with van der Waals surface area (Å²) in [6.07, 6.45) is 2.29. The minimum Gasteiger partial charge on any atom is -0.370 e. The van der Waals surface area contributed by atoms with E-state index < -0.39 is 0 Å². The molecule has 0 radical (unpaired) electrons. The molecule has 1 atom stereocenters. The van der Waals surface area contributed by atoms with Gasteiger partial charge in [0.2, 0.25) is 0 Å². The molecule has 3 rings (SSSR count). The van der Waals surface area contributed by atoms with Gasteiger partial charge >= 0.3 is 0 Å². The van der Waals surface area contributed by atoms with E-state index in [0.717, 1.165) is 26.1 Å². The predicted octanol–water partition coefficient (Wildman–Crippen LogP) is 1.53. The Bertz CT molecular complexity index is 454. The summed E-state index contributed by atoms with van der Waals surface area (Å²) in [4.78, 5) is 7.55. The predicted molar refractivity (Wildman–Crippen MR) is 88.8 cm³/mol. The van der Waals surface area contributed by atoms with Gasteiger partial charge in [-0.3, -0.25) is 4.90 Å². The molecule has 1 unspecified atom stereocenters. The van der Waals surface area contributed by atoms with Crippen LogP contribution in [0.3, 0.4) is 0 Å². The Morgan fingerprint density at radius 1 is 1.05 bits per heavy atom. The van der Waals surface area contributed by atoms with Crippen molar-refractivity contribution in [1.29, 1.82) is 0 Å². The molecule has 0 bridgehead atoms. The number of piperazine rings is 1. The molecule has 2 N–H and O–H groups in total. The third kappa shape index (κ3) is 3.57. The molecular formula is C17H28N4. The molecule has 0 aromatic heterocycles. The number of nitrogens with zero attached hydrogens (tertiary/aromatic N) is 3. The molecule has 116 valence electrons. The third-order valence-electron chi connectivity index (χ3n) is 4.90. The Morgan fingerprint density at radius 3 is 2.62 bits per heavy atom. The summed E-state index contributed by atoms with van der Waals surface area (Å²) in [5, 5.41) is 0. The number of benzene rings is 1. The van der Waals surface area contributed by atoms with Crippen molar-refractivity contribution in [3.8, 4) is 0 Å². The van der Waals surface area contributed by atoms with Crippen LogP contribution in [-0.2, 0) is 0 Å². The Balaban J connectivity index is 1.63. The Morgan fingerprint density at radius 2 is 1.81 bits per heavy atom. The molecule has 0 saturated carbocycles. The van der Waals surface area contributed by atoms with Crippen molar-refractivity contribution in [2.75, 3.05) is 57.8 Å². The van der Waals surface area contributed by atoms with E-state index in [9.17, 15) is 0 Å². The van der Waals surface area contributed by atoms with Crippen LogP contribution in [0, 0.1) is 0 Å². The van der Waals surface area contributed by atoms with Crippen molar-refractivity contribution in [3.63, 3.8) is 0 Å². The summed E-state index contributed by atoms with van der Waals surface area (Å²) < 4.78 is 0. The zero-order chi connectivity index (χ0) is 14.7. The summed E-state index contributed by atoms with van der Waals surface area (Å²) in [6.45, 7) is 8.21. The molecule has 21 heavy (non-hydrogen) atoms. The van der Waals surface area contributed by atoms with Crippen molar-refractivity contribution in [2.24, 2.45) is 5.73 Å². The number of hydrogen-bond acceptors (Lipinski definition) is 4. The Labute approximate surface area is 128 Å². The number of hydrogen-bond donors (Lipinski definition) is 1. The van der Waals surface area contributed by atoms with Crippen LogP contribution in [-0.4, -0.2) is 62.7 Å². The van der Waals surface area contributed by atoms with Crippen molar-refractivity contribution >= 4 is 5.69 Å². The van der Waals surface area contributed by atoms with Crippen LogP contribution in [0.2, 0.25) is 0 Å². The third-order valence-corrected chi connectivity index (χ3v) is 4.90. The SMILES string of the molecule is CN1CCN(CCN2CCCC(N)c3ccccc32)CC1. The standard InChI is InChI=1S/C17H28N4/c1-19-9-11-20(12-10-19)13-14-21-8-4-6-16(18)15-5-2-3-7-17(15)21/h2-3,5,7,16H,4,6,8-14,18H2,1H3. The van der Waals surface area contributed by atoms with Gasteiger partial charge in [-0.25, -0.2) is 0 Å².